The molecule has 2 N–H and O–H groups in total. The summed E-state index contributed by atoms with van der Waals surface area (Å²) in [6.45, 7) is 0.668. The number of alkyl halides is 1. The molecule has 2 nitrogen and oxygen atoms in total. The SMILES string of the molecule is NC1CCC(F)(Cc2cc(Cl)cc3c2OCC3)C1. The highest BCUT2D eigenvalue weighted by atomic mass is 35.5. The Kier molecular flexibility index (Phi) is 2.99. The zero-order valence-electron chi connectivity index (χ0n) is 10.2. The van der Waals surface area contributed by atoms with E-state index in [1.54, 1.807) is 0 Å². The van der Waals surface area contributed by atoms with E-state index in [1.807, 2.05) is 12.1 Å². The summed E-state index contributed by atoms with van der Waals surface area (Å²) in [6, 6.07) is 3.73. The maximum Gasteiger partial charge on any atom is 0.126 e. The summed E-state index contributed by atoms with van der Waals surface area (Å²) in [6.07, 6.45) is 2.97. The summed E-state index contributed by atoms with van der Waals surface area (Å²) in [7, 11) is 0. The standard InChI is InChI=1S/C14H17ClFNO/c15-11-5-9-2-4-18-13(9)10(6-11)7-14(16)3-1-12(17)8-14/h5-6,12H,1-4,7-8,17H2. The normalized spacial score (nSPS) is 30.3. The van der Waals surface area contributed by atoms with Crippen LogP contribution in [0.2, 0.25) is 5.02 Å². The Bertz CT molecular complexity index is 479. The van der Waals surface area contributed by atoms with E-state index < -0.39 is 5.67 Å². The number of hydrogen-bond donors (Lipinski definition) is 1. The van der Waals surface area contributed by atoms with Gasteiger partial charge in [-0.2, -0.15) is 0 Å². The first-order chi connectivity index (χ1) is 8.56. The summed E-state index contributed by atoms with van der Waals surface area (Å²) >= 11 is 6.09. The van der Waals surface area contributed by atoms with Gasteiger partial charge in [-0.25, -0.2) is 4.39 Å². The summed E-state index contributed by atoms with van der Waals surface area (Å²) in [5, 5.41) is 0.667. The zero-order valence-corrected chi connectivity index (χ0v) is 11.0. The minimum Gasteiger partial charge on any atom is -0.493 e. The fourth-order valence-electron chi connectivity index (χ4n) is 3.10. The predicted molar refractivity (Wildman–Crippen MR) is 70.0 cm³/mol. The first-order valence-corrected chi connectivity index (χ1v) is 6.82. The Morgan fingerprint density at radius 2 is 2.33 bits per heavy atom. The molecule has 0 spiro atoms. The third-order valence-corrected chi connectivity index (χ3v) is 4.14. The molecule has 2 unspecified atom stereocenters. The van der Waals surface area contributed by atoms with Crippen LogP contribution in [-0.4, -0.2) is 18.3 Å². The van der Waals surface area contributed by atoms with Crippen molar-refractivity contribution in [2.24, 2.45) is 5.73 Å². The van der Waals surface area contributed by atoms with Crippen molar-refractivity contribution in [3.8, 4) is 5.75 Å². The predicted octanol–water partition coefficient (Wildman–Crippen LogP) is 3.04. The monoisotopic (exact) mass is 269 g/mol. The Labute approximate surface area is 111 Å². The topological polar surface area (TPSA) is 35.2 Å². The summed E-state index contributed by atoms with van der Waals surface area (Å²) in [5.41, 5.74) is 6.61. The van der Waals surface area contributed by atoms with Crippen LogP contribution < -0.4 is 10.5 Å². The van der Waals surface area contributed by atoms with Gasteiger partial charge in [-0.15, -0.1) is 0 Å². The maximum atomic E-state index is 14.7. The van der Waals surface area contributed by atoms with E-state index in [-0.39, 0.29) is 6.04 Å². The first-order valence-electron chi connectivity index (χ1n) is 6.44. The molecule has 1 saturated carbocycles. The van der Waals surface area contributed by atoms with E-state index in [0.29, 0.717) is 30.9 Å². The second-order valence-corrected chi connectivity index (χ2v) is 5.92. The van der Waals surface area contributed by atoms with Gasteiger partial charge in [-0.1, -0.05) is 11.6 Å². The molecule has 1 fully saturated rings. The number of benzene rings is 1. The molecule has 1 aliphatic heterocycles. The highest BCUT2D eigenvalue weighted by Crippen LogP contribution is 2.40. The highest BCUT2D eigenvalue weighted by molar-refractivity contribution is 6.30. The van der Waals surface area contributed by atoms with Crippen LogP contribution in [0.1, 0.15) is 30.4 Å². The zero-order chi connectivity index (χ0) is 12.8. The number of halogens is 2. The van der Waals surface area contributed by atoms with Crippen molar-refractivity contribution in [2.75, 3.05) is 6.61 Å². The largest absolute Gasteiger partial charge is 0.493 e. The average Bonchev–Trinajstić information content (AvgIpc) is 2.85. The molecule has 98 valence electrons. The van der Waals surface area contributed by atoms with Gasteiger partial charge in [-0.3, -0.25) is 0 Å². The molecule has 4 heteroatoms. The molecule has 18 heavy (non-hydrogen) atoms. The molecule has 0 aromatic heterocycles. The molecule has 0 amide bonds. The Hall–Kier alpha value is -0.800. The maximum absolute atomic E-state index is 14.7. The molecule has 1 aliphatic carbocycles. The minimum atomic E-state index is -1.19. The lowest BCUT2D eigenvalue weighted by Crippen LogP contribution is -2.25. The van der Waals surface area contributed by atoms with Crippen molar-refractivity contribution in [3.63, 3.8) is 0 Å². The van der Waals surface area contributed by atoms with E-state index in [9.17, 15) is 4.39 Å². The Balaban J connectivity index is 1.89. The van der Waals surface area contributed by atoms with Crippen molar-refractivity contribution < 1.29 is 9.13 Å². The Morgan fingerprint density at radius 1 is 1.50 bits per heavy atom. The van der Waals surface area contributed by atoms with Crippen LogP contribution in [0.5, 0.6) is 5.75 Å². The third kappa shape index (κ3) is 2.21. The third-order valence-electron chi connectivity index (χ3n) is 3.92. The smallest absolute Gasteiger partial charge is 0.126 e. The molecule has 1 aromatic rings. The average molecular weight is 270 g/mol. The molecular formula is C14H17ClFNO. The summed E-state index contributed by atoms with van der Waals surface area (Å²) in [4.78, 5) is 0. The van der Waals surface area contributed by atoms with Crippen molar-refractivity contribution >= 4 is 11.6 Å². The van der Waals surface area contributed by atoms with Crippen molar-refractivity contribution in [3.05, 3.63) is 28.3 Å². The van der Waals surface area contributed by atoms with Gasteiger partial charge in [-0.05, 0) is 42.5 Å². The van der Waals surface area contributed by atoms with Gasteiger partial charge < -0.3 is 10.5 Å². The van der Waals surface area contributed by atoms with Gasteiger partial charge in [0.25, 0.3) is 0 Å². The number of hydrogen-bond acceptors (Lipinski definition) is 2. The number of ether oxygens (including phenoxy) is 1. The van der Waals surface area contributed by atoms with Crippen LogP contribution in [-0.2, 0) is 12.8 Å². The van der Waals surface area contributed by atoms with Crippen molar-refractivity contribution in [1.29, 1.82) is 0 Å². The minimum absolute atomic E-state index is 0.0110. The second-order valence-electron chi connectivity index (χ2n) is 5.48. The second kappa shape index (κ2) is 4.39. The van der Waals surface area contributed by atoms with Crippen molar-refractivity contribution in [1.82, 2.24) is 0 Å². The fourth-order valence-corrected chi connectivity index (χ4v) is 3.36. The lowest BCUT2D eigenvalue weighted by atomic mass is 9.93. The van der Waals surface area contributed by atoms with Gasteiger partial charge in [0, 0.05) is 23.9 Å². The quantitative estimate of drug-likeness (QED) is 0.896. The molecule has 0 saturated heterocycles. The molecule has 2 atom stereocenters. The van der Waals surface area contributed by atoms with Crippen LogP contribution in [0.3, 0.4) is 0 Å². The lowest BCUT2D eigenvalue weighted by Gasteiger charge is -2.21. The molecule has 1 aromatic carbocycles. The molecule has 2 aliphatic rings. The van der Waals surface area contributed by atoms with Gasteiger partial charge >= 0.3 is 0 Å². The van der Waals surface area contributed by atoms with E-state index in [2.05, 4.69) is 0 Å². The molecule has 0 bridgehead atoms. The number of rotatable bonds is 2. The van der Waals surface area contributed by atoms with Gasteiger partial charge in [0.1, 0.15) is 11.4 Å². The van der Waals surface area contributed by atoms with E-state index in [4.69, 9.17) is 22.1 Å². The Morgan fingerprint density at radius 3 is 3.06 bits per heavy atom. The van der Waals surface area contributed by atoms with E-state index >= 15 is 0 Å². The first kappa shape index (κ1) is 12.2. The van der Waals surface area contributed by atoms with E-state index in [1.165, 1.54) is 0 Å². The summed E-state index contributed by atoms with van der Waals surface area (Å²) in [5.74, 6) is 0.844. The van der Waals surface area contributed by atoms with E-state index in [0.717, 1.165) is 29.7 Å². The van der Waals surface area contributed by atoms with Gasteiger partial charge in [0.15, 0.2) is 0 Å². The van der Waals surface area contributed by atoms with Crippen LogP contribution in [0.15, 0.2) is 12.1 Å². The number of fused-ring (bicyclic) bond motifs is 1. The number of nitrogens with two attached hydrogens (primary N) is 1. The summed E-state index contributed by atoms with van der Waals surface area (Å²) < 4.78 is 20.3. The highest BCUT2D eigenvalue weighted by Gasteiger charge is 2.39. The van der Waals surface area contributed by atoms with Crippen LogP contribution in [0, 0.1) is 0 Å². The van der Waals surface area contributed by atoms with Gasteiger partial charge in [0.05, 0.1) is 6.61 Å². The molecule has 3 rings (SSSR count). The van der Waals surface area contributed by atoms with Crippen LogP contribution in [0.25, 0.3) is 0 Å². The lowest BCUT2D eigenvalue weighted by molar-refractivity contribution is 0.169. The van der Waals surface area contributed by atoms with Crippen LogP contribution in [0.4, 0.5) is 4.39 Å². The molecule has 1 heterocycles. The molecule has 0 radical (unpaired) electrons. The fraction of sp³-hybridized carbons (Fsp3) is 0.571. The van der Waals surface area contributed by atoms with Crippen LogP contribution >= 0.6 is 11.6 Å². The van der Waals surface area contributed by atoms with Crippen molar-refractivity contribution in [2.45, 2.75) is 43.8 Å². The van der Waals surface area contributed by atoms with Gasteiger partial charge in [0.2, 0.25) is 0 Å². The molecular weight excluding hydrogens is 253 g/mol.